The predicted molar refractivity (Wildman–Crippen MR) is 96.4 cm³/mol. The molecule has 0 saturated carbocycles. The van der Waals surface area contributed by atoms with Gasteiger partial charge in [-0.2, -0.15) is 17.5 Å². The molecule has 0 N–H and O–H groups in total. The van der Waals surface area contributed by atoms with Crippen molar-refractivity contribution in [3.8, 4) is 0 Å². The molecule has 2 aromatic rings. The number of imidazole rings is 1. The van der Waals surface area contributed by atoms with E-state index in [4.69, 9.17) is 4.74 Å². The zero-order valence-corrected chi connectivity index (χ0v) is 16.3. The van der Waals surface area contributed by atoms with Crippen molar-refractivity contribution in [2.24, 2.45) is 0 Å². The number of halogens is 3. The summed E-state index contributed by atoms with van der Waals surface area (Å²) in [6, 6.07) is 4.66. The maximum absolute atomic E-state index is 12.8. The topological polar surface area (TPSA) is 64.4 Å². The van der Waals surface area contributed by atoms with Gasteiger partial charge in [0, 0.05) is 25.4 Å². The fourth-order valence-electron chi connectivity index (χ4n) is 2.86. The zero-order chi connectivity index (χ0) is 19.7. The molecule has 0 radical (unpaired) electrons. The number of aryl methyl sites for hydroxylation is 1. The van der Waals surface area contributed by atoms with Crippen LogP contribution >= 0.6 is 11.8 Å². The van der Waals surface area contributed by atoms with Gasteiger partial charge in [0.1, 0.15) is 0 Å². The molecule has 1 fully saturated rings. The van der Waals surface area contributed by atoms with Gasteiger partial charge in [0.05, 0.1) is 35.6 Å². The lowest BCUT2D eigenvalue weighted by molar-refractivity contribution is -0.129. The van der Waals surface area contributed by atoms with Crippen molar-refractivity contribution < 1.29 is 26.3 Å². The Labute approximate surface area is 159 Å². The van der Waals surface area contributed by atoms with Crippen LogP contribution in [0.15, 0.2) is 28.3 Å². The van der Waals surface area contributed by atoms with Crippen LogP contribution in [0.4, 0.5) is 13.2 Å². The molecule has 27 heavy (non-hydrogen) atoms. The highest BCUT2D eigenvalue weighted by atomic mass is 32.2. The highest BCUT2D eigenvalue weighted by Crippen LogP contribution is 2.30. The summed E-state index contributed by atoms with van der Waals surface area (Å²) in [5, 5.41) is 0.456. The van der Waals surface area contributed by atoms with Gasteiger partial charge < -0.3 is 9.30 Å². The Morgan fingerprint density at radius 2 is 1.96 bits per heavy atom. The van der Waals surface area contributed by atoms with Crippen LogP contribution in [0.25, 0.3) is 11.0 Å². The van der Waals surface area contributed by atoms with Gasteiger partial charge in [-0.05, 0) is 25.1 Å². The monoisotopic (exact) mass is 423 g/mol. The number of sulfonamides is 1. The van der Waals surface area contributed by atoms with Gasteiger partial charge in [-0.1, -0.05) is 11.8 Å². The maximum atomic E-state index is 12.8. The third-order valence-corrected chi connectivity index (χ3v) is 7.10. The van der Waals surface area contributed by atoms with E-state index in [0.29, 0.717) is 49.0 Å². The molecule has 0 spiro atoms. The number of benzene rings is 1. The Morgan fingerprint density at radius 1 is 1.26 bits per heavy atom. The van der Waals surface area contributed by atoms with Gasteiger partial charge >= 0.3 is 6.18 Å². The molecule has 1 aromatic carbocycles. The molecule has 1 saturated heterocycles. The van der Waals surface area contributed by atoms with Crippen molar-refractivity contribution >= 4 is 32.8 Å². The highest BCUT2D eigenvalue weighted by Gasteiger charge is 2.28. The Kier molecular flexibility index (Phi) is 6.04. The van der Waals surface area contributed by atoms with Crippen LogP contribution in [0, 0.1) is 0 Å². The number of hydrogen-bond donors (Lipinski definition) is 0. The molecule has 0 amide bonds. The van der Waals surface area contributed by atoms with Crippen molar-refractivity contribution in [3.63, 3.8) is 0 Å². The van der Waals surface area contributed by atoms with E-state index in [9.17, 15) is 21.6 Å². The lowest BCUT2D eigenvalue weighted by Crippen LogP contribution is -2.40. The molecule has 1 aliphatic rings. The number of alkyl halides is 3. The summed E-state index contributed by atoms with van der Waals surface area (Å²) >= 11 is 1.02. The smallest absolute Gasteiger partial charge is 0.379 e. The average molecular weight is 423 g/mol. The summed E-state index contributed by atoms with van der Waals surface area (Å²) < 4.78 is 71.1. The first-order valence-electron chi connectivity index (χ1n) is 8.50. The van der Waals surface area contributed by atoms with E-state index in [1.54, 1.807) is 10.6 Å². The summed E-state index contributed by atoms with van der Waals surface area (Å²) in [4.78, 5) is 4.50. The Bertz CT molecular complexity index is 907. The number of ether oxygens (including phenoxy) is 1. The molecular weight excluding hydrogens is 403 g/mol. The van der Waals surface area contributed by atoms with E-state index in [2.05, 4.69) is 4.98 Å². The molecule has 150 valence electrons. The second-order valence-corrected chi connectivity index (χ2v) is 9.02. The van der Waals surface area contributed by atoms with E-state index >= 15 is 0 Å². The van der Waals surface area contributed by atoms with Crippen molar-refractivity contribution in [1.29, 1.82) is 0 Å². The Balaban J connectivity index is 1.88. The average Bonchev–Trinajstić information content (AvgIpc) is 2.97. The minimum absolute atomic E-state index is 0.129. The second-order valence-electron chi connectivity index (χ2n) is 6.02. The fraction of sp³-hybridized carbons (Fsp3) is 0.562. The van der Waals surface area contributed by atoms with Gasteiger partial charge in [0.2, 0.25) is 10.0 Å². The Hall–Kier alpha value is -1.30. The molecule has 11 heteroatoms. The first kappa shape index (κ1) is 20.4. The lowest BCUT2D eigenvalue weighted by Gasteiger charge is -2.26. The zero-order valence-electron chi connectivity index (χ0n) is 14.7. The van der Waals surface area contributed by atoms with Crippen LogP contribution in [0.1, 0.15) is 13.3 Å². The van der Waals surface area contributed by atoms with Crippen LogP contribution in [0.3, 0.4) is 0 Å². The third-order valence-electron chi connectivity index (χ3n) is 4.23. The SMILES string of the molecule is CCn1c(SCCC(F)(F)F)nc2cc(S(=O)(=O)N3CCOCC3)ccc21. The number of morpholine rings is 1. The standard InChI is InChI=1S/C16H20F3N3O3S2/c1-2-22-14-4-3-12(27(23,24)21-6-8-25-9-7-21)11-13(14)20-15(22)26-10-5-16(17,18)19/h3-4,11H,2,5-10H2,1H3. The number of aromatic nitrogens is 2. The summed E-state index contributed by atoms with van der Waals surface area (Å²) in [6.45, 7) is 3.69. The van der Waals surface area contributed by atoms with Crippen LogP contribution < -0.4 is 0 Å². The van der Waals surface area contributed by atoms with Crippen LogP contribution in [0.2, 0.25) is 0 Å². The normalized spacial score (nSPS) is 16.9. The van der Waals surface area contributed by atoms with Gasteiger partial charge in [-0.3, -0.25) is 0 Å². The van der Waals surface area contributed by atoms with E-state index in [1.807, 2.05) is 6.92 Å². The van der Waals surface area contributed by atoms with Gasteiger partial charge in [0.25, 0.3) is 0 Å². The highest BCUT2D eigenvalue weighted by molar-refractivity contribution is 7.99. The fourth-order valence-corrected chi connectivity index (χ4v) is 5.35. The number of rotatable bonds is 6. The summed E-state index contributed by atoms with van der Waals surface area (Å²) in [5.74, 6) is -0.133. The lowest BCUT2D eigenvalue weighted by atomic mass is 10.3. The number of fused-ring (bicyclic) bond motifs is 1. The minimum atomic E-state index is -4.21. The van der Waals surface area contributed by atoms with Crippen LogP contribution in [0.5, 0.6) is 0 Å². The summed E-state index contributed by atoms with van der Waals surface area (Å²) in [7, 11) is -3.65. The third kappa shape index (κ3) is 4.58. The van der Waals surface area contributed by atoms with E-state index < -0.39 is 22.6 Å². The molecule has 6 nitrogen and oxygen atoms in total. The van der Waals surface area contributed by atoms with Gasteiger partial charge in [-0.25, -0.2) is 13.4 Å². The number of nitrogens with zero attached hydrogens (tertiary/aromatic N) is 3. The molecule has 2 heterocycles. The van der Waals surface area contributed by atoms with E-state index in [1.165, 1.54) is 16.4 Å². The molecule has 0 atom stereocenters. The molecule has 3 rings (SSSR count). The molecular formula is C16H20F3N3O3S2. The maximum Gasteiger partial charge on any atom is 0.389 e. The first-order valence-corrected chi connectivity index (χ1v) is 10.9. The molecule has 1 aliphatic heterocycles. The summed E-state index contributed by atoms with van der Waals surface area (Å²) in [5.41, 5.74) is 1.16. The number of thioether (sulfide) groups is 1. The van der Waals surface area contributed by atoms with Crippen LogP contribution in [-0.4, -0.2) is 60.5 Å². The van der Waals surface area contributed by atoms with Crippen molar-refractivity contribution in [3.05, 3.63) is 18.2 Å². The van der Waals surface area contributed by atoms with Crippen molar-refractivity contribution in [2.45, 2.75) is 36.1 Å². The van der Waals surface area contributed by atoms with E-state index in [-0.39, 0.29) is 10.6 Å². The second kappa shape index (κ2) is 7.98. The van der Waals surface area contributed by atoms with Gasteiger partial charge in [-0.15, -0.1) is 0 Å². The van der Waals surface area contributed by atoms with Crippen molar-refractivity contribution in [2.75, 3.05) is 32.1 Å². The number of hydrogen-bond acceptors (Lipinski definition) is 5. The summed E-state index contributed by atoms with van der Waals surface area (Å²) in [6.07, 6.45) is -5.11. The predicted octanol–water partition coefficient (Wildman–Crippen LogP) is 3.12. The largest absolute Gasteiger partial charge is 0.389 e. The quantitative estimate of drug-likeness (QED) is 0.668. The Morgan fingerprint density at radius 3 is 2.59 bits per heavy atom. The van der Waals surface area contributed by atoms with Gasteiger partial charge in [0.15, 0.2) is 5.16 Å². The molecule has 0 unspecified atom stereocenters. The van der Waals surface area contributed by atoms with Crippen molar-refractivity contribution in [1.82, 2.24) is 13.9 Å². The first-order chi connectivity index (χ1) is 12.7. The molecule has 0 bridgehead atoms. The minimum Gasteiger partial charge on any atom is -0.379 e. The van der Waals surface area contributed by atoms with E-state index in [0.717, 1.165) is 11.8 Å². The van der Waals surface area contributed by atoms with Crippen LogP contribution in [-0.2, 0) is 21.3 Å². The molecule has 1 aromatic heterocycles. The molecule has 0 aliphatic carbocycles.